The van der Waals surface area contributed by atoms with Gasteiger partial charge < -0.3 is 15.3 Å². The minimum Gasteiger partial charge on any atom is -0.480 e. The smallest absolute Gasteiger partial charge is 0.326 e. The maximum absolute atomic E-state index is 12.2. The summed E-state index contributed by atoms with van der Waals surface area (Å²) in [6.45, 7) is 2.73. The van der Waals surface area contributed by atoms with Crippen molar-refractivity contribution in [2.24, 2.45) is 5.92 Å². The van der Waals surface area contributed by atoms with Gasteiger partial charge in [0.2, 0.25) is 0 Å². The van der Waals surface area contributed by atoms with E-state index in [1.807, 2.05) is 0 Å². The standard InChI is InChI=1S/C14H24N2O3/c1-10-6-3-2-4-7-11(10)15-14(19)16-9-5-8-12(16)13(17)18/h10-12H,2-9H2,1H3,(H,15,19)(H,17,18)/t10?,11?,12-/m1/s1. The van der Waals surface area contributed by atoms with E-state index < -0.39 is 12.0 Å². The molecule has 108 valence electrons. The fourth-order valence-corrected chi connectivity index (χ4v) is 3.22. The van der Waals surface area contributed by atoms with Crippen molar-refractivity contribution < 1.29 is 14.7 Å². The Morgan fingerprint density at radius 2 is 1.84 bits per heavy atom. The van der Waals surface area contributed by atoms with E-state index in [1.165, 1.54) is 17.7 Å². The minimum absolute atomic E-state index is 0.191. The normalized spacial score (nSPS) is 31.8. The summed E-state index contributed by atoms with van der Waals surface area (Å²) >= 11 is 0. The summed E-state index contributed by atoms with van der Waals surface area (Å²) in [5, 5.41) is 12.2. The van der Waals surface area contributed by atoms with Crippen LogP contribution in [0.15, 0.2) is 0 Å². The molecule has 0 aromatic carbocycles. The molecule has 2 unspecified atom stereocenters. The number of nitrogens with one attached hydrogen (secondary N) is 1. The Bertz CT molecular complexity index is 346. The maximum atomic E-state index is 12.2. The number of hydrogen-bond acceptors (Lipinski definition) is 2. The highest BCUT2D eigenvalue weighted by molar-refractivity contribution is 5.83. The molecule has 1 aliphatic carbocycles. The second-order valence-corrected chi connectivity index (χ2v) is 5.86. The van der Waals surface area contributed by atoms with Crippen molar-refractivity contribution in [1.82, 2.24) is 10.2 Å². The lowest BCUT2D eigenvalue weighted by Gasteiger charge is -2.28. The van der Waals surface area contributed by atoms with Crippen molar-refractivity contribution >= 4 is 12.0 Å². The SMILES string of the molecule is CC1CCCCCC1NC(=O)N1CCC[C@@H]1C(=O)O. The van der Waals surface area contributed by atoms with Crippen molar-refractivity contribution in [3.8, 4) is 0 Å². The van der Waals surface area contributed by atoms with Crippen LogP contribution in [0.3, 0.4) is 0 Å². The largest absolute Gasteiger partial charge is 0.480 e. The highest BCUT2D eigenvalue weighted by Gasteiger charge is 2.35. The minimum atomic E-state index is -0.887. The average molecular weight is 268 g/mol. The zero-order valence-corrected chi connectivity index (χ0v) is 11.6. The molecule has 19 heavy (non-hydrogen) atoms. The molecule has 3 atom stereocenters. The van der Waals surface area contributed by atoms with Crippen LogP contribution in [-0.4, -0.2) is 40.6 Å². The molecule has 2 N–H and O–H groups in total. The van der Waals surface area contributed by atoms with Crippen molar-refractivity contribution in [3.63, 3.8) is 0 Å². The topological polar surface area (TPSA) is 69.6 Å². The molecule has 2 amide bonds. The summed E-state index contributed by atoms with van der Waals surface area (Å²) in [6, 6.07) is -0.630. The Hall–Kier alpha value is -1.26. The van der Waals surface area contributed by atoms with Gasteiger partial charge in [-0.1, -0.05) is 26.2 Å². The van der Waals surface area contributed by atoms with Gasteiger partial charge in [-0.25, -0.2) is 9.59 Å². The van der Waals surface area contributed by atoms with E-state index in [2.05, 4.69) is 12.2 Å². The van der Waals surface area contributed by atoms with Crippen LogP contribution in [0.25, 0.3) is 0 Å². The first-order chi connectivity index (χ1) is 9.09. The Morgan fingerprint density at radius 3 is 2.58 bits per heavy atom. The van der Waals surface area contributed by atoms with Gasteiger partial charge >= 0.3 is 12.0 Å². The zero-order valence-electron chi connectivity index (χ0n) is 11.6. The highest BCUT2D eigenvalue weighted by Crippen LogP contribution is 2.24. The number of likely N-dealkylation sites (tertiary alicyclic amines) is 1. The molecule has 0 radical (unpaired) electrons. The van der Waals surface area contributed by atoms with Crippen molar-refractivity contribution in [2.75, 3.05) is 6.54 Å². The van der Waals surface area contributed by atoms with Gasteiger partial charge in [-0.2, -0.15) is 0 Å². The lowest BCUT2D eigenvalue weighted by Crippen LogP contribution is -2.50. The Morgan fingerprint density at radius 1 is 1.11 bits per heavy atom. The van der Waals surface area contributed by atoms with E-state index in [9.17, 15) is 9.59 Å². The summed E-state index contributed by atoms with van der Waals surface area (Å²) < 4.78 is 0. The summed E-state index contributed by atoms with van der Waals surface area (Å²) in [6.07, 6.45) is 7.13. The van der Waals surface area contributed by atoms with Gasteiger partial charge in [0.1, 0.15) is 6.04 Å². The molecule has 0 aromatic heterocycles. The van der Waals surface area contributed by atoms with Crippen molar-refractivity contribution in [1.29, 1.82) is 0 Å². The monoisotopic (exact) mass is 268 g/mol. The summed E-state index contributed by atoms with van der Waals surface area (Å²) in [7, 11) is 0. The van der Waals surface area contributed by atoms with Crippen LogP contribution in [-0.2, 0) is 4.79 Å². The third kappa shape index (κ3) is 3.39. The number of carboxylic acid groups (broad SMARTS) is 1. The zero-order chi connectivity index (χ0) is 13.8. The Balaban J connectivity index is 1.94. The number of hydrogen-bond donors (Lipinski definition) is 2. The van der Waals surface area contributed by atoms with E-state index in [0.717, 1.165) is 25.7 Å². The second-order valence-electron chi connectivity index (χ2n) is 5.86. The first-order valence-electron chi connectivity index (χ1n) is 7.39. The molecule has 5 heteroatoms. The Labute approximate surface area is 114 Å². The Kier molecular flexibility index (Phi) is 4.66. The fraction of sp³-hybridized carbons (Fsp3) is 0.857. The van der Waals surface area contributed by atoms with Crippen LogP contribution in [0, 0.1) is 5.92 Å². The lowest BCUT2D eigenvalue weighted by molar-refractivity contribution is -0.141. The number of carbonyl (C=O) groups is 2. The van der Waals surface area contributed by atoms with Crippen LogP contribution in [0.1, 0.15) is 51.9 Å². The molecule has 2 aliphatic rings. The van der Waals surface area contributed by atoms with E-state index >= 15 is 0 Å². The molecule has 0 bridgehead atoms. The maximum Gasteiger partial charge on any atom is 0.326 e. The van der Waals surface area contributed by atoms with Crippen molar-refractivity contribution in [2.45, 2.75) is 64.0 Å². The van der Waals surface area contributed by atoms with E-state index in [1.54, 1.807) is 0 Å². The quantitative estimate of drug-likeness (QED) is 0.754. The average Bonchev–Trinajstić information content (AvgIpc) is 2.78. The van der Waals surface area contributed by atoms with Gasteiger partial charge in [-0.15, -0.1) is 0 Å². The van der Waals surface area contributed by atoms with Crippen molar-refractivity contribution in [3.05, 3.63) is 0 Å². The molecule has 2 rings (SSSR count). The molecule has 0 spiro atoms. The molecule has 1 saturated heterocycles. The van der Waals surface area contributed by atoms with E-state index in [0.29, 0.717) is 18.9 Å². The summed E-state index contributed by atoms with van der Waals surface area (Å²) in [5.74, 6) is -0.404. The van der Waals surface area contributed by atoms with Crippen LogP contribution in [0.4, 0.5) is 4.79 Å². The lowest BCUT2D eigenvalue weighted by atomic mass is 9.97. The first-order valence-corrected chi connectivity index (χ1v) is 7.39. The van der Waals surface area contributed by atoms with E-state index in [-0.39, 0.29) is 12.1 Å². The molecular formula is C14H24N2O3. The molecule has 5 nitrogen and oxygen atoms in total. The van der Waals surface area contributed by atoms with E-state index in [4.69, 9.17) is 5.11 Å². The molecule has 1 heterocycles. The number of carboxylic acids is 1. The second kappa shape index (κ2) is 6.26. The molecule has 1 aliphatic heterocycles. The predicted octanol–water partition coefficient (Wildman–Crippen LogP) is 2.21. The predicted molar refractivity (Wildman–Crippen MR) is 71.9 cm³/mol. The summed E-state index contributed by atoms with van der Waals surface area (Å²) in [5.41, 5.74) is 0. The molecular weight excluding hydrogens is 244 g/mol. The fourth-order valence-electron chi connectivity index (χ4n) is 3.22. The summed E-state index contributed by atoms with van der Waals surface area (Å²) in [4.78, 5) is 24.8. The first kappa shape index (κ1) is 14.2. The van der Waals surface area contributed by atoms with Crippen LogP contribution in [0.5, 0.6) is 0 Å². The van der Waals surface area contributed by atoms with Gasteiger partial charge in [0, 0.05) is 12.6 Å². The number of urea groups is 1. The number of rotatable bonds is 2. The number of nitrogens with zero attached hydrogens (tertiary/aromatic N) is 1. The molecule has 1 saturated carbocycles. The third-order valence-corrected chi connectivity index (χ3v) is 4.47. The van der Waals surface area contributed by atoms with Gasteiger partial charge in [0.15, 0.2) is 0 Å². The number of aliphatic carboxylic acids is 1. The highest BCUT2D eigenvalue weighted by atomic mass is 16.4. The van der Waals surface area contributed by atoms with Gasteiger partial charge in [-0.05, 0) is 31.6 Å². The molecule has 2 fully saturated rings. The van der Waals surface area contributed by atoms with Gasteiger partial charge in [0.25, 0.3) is 0 Å². The van der Waals surface area contributed by atoms with Crippen LogP contribution < -0.4 is 5.32 Å². The number of amides is 2. The van der Waals surface area contributed by atoms with Crippen LogP contribution in [0.2, 0.25) is 0 Å². The number of carbonyl (C=O) groups excluding carboxylic acids is 1. The van der Waals surface area contributed by atoms with Crippen LogP contribution >= 0.6 is 0 Å². The third-order valence-electron chi connectivity index (χ3n) is 4.47. The van der Waals surface area contributed by atoms with Gasteiger partial charge in [0.05, 0.1) is 0 Å². The van der Waals surface area contributed by atoms with Gasteiger partial charge in [-0.3, -0.25) is 0 Å². The molecule has 0 aromatic rings.